The zero-order valence-corrected chi connectivity index (χ0v) is 11.2. The van der Waals surface area contributed by atoms with Gasteiger partial charge in [0.1, 0.15) is 0 Å². The van der Waals surface area contributed by atoms with Crippen molar-refractivity contribution in [2.75, 3.05) is 6.54 Å². The molecule has 0 aliphatic rings. The van der Waals surface area contributed by atoms with Crippen LogP contribution in [0.3, 0.4) is 0 Å². The molecule has 0 radical (unpaired) electrons. The molecule has 3 aromatic rings. The Hall–Kier alpha value is -1.77. The molecule has 3 rings (SSSR count). The maximum absolute atomic E-state index is 5.98. The molecule has 0 amide bonds. The molecule has 0 fully saturated rings. The van der Waals surface area contributed by atoms with Gasteiger partial charge < -0.3 is 10.7 Å². The predicted molar refractivity (Wildman–Crippen MR) is 80.6 cm³/mol. The highest BCUT2D eigenvalue weighted by Crippen LogP contribution is 2.30. The third-order valence-corrected chi connectivity index (χ3v) is 3.76. The van der Waals surface area contributed by atoms with Crippen LogP contribution in [0.2, 0.25) is 5.02 Å². The first-order valence-electron chi connectivity index (χ1n) is 6.31. The van der Waals surface area contributed by atoms with E-state index in [4.69, 9.17) is 17.3 Å². The van der Waals surface area contributed by atoms with Crippen LogP contribution < -0.4 is 5.73 Å². The average molecular weight is 271 g/mol. The number of fused-ring (bicyclic) bond motifs is 1. The lowest BCUT2D eigenvalue weighted by Crippen LogP contribution is -2.13. The molecule has 96 valence electrons. The lowest BCUT2D eigenvalue weighted by molar-refractivity contribution is 0.825. The number of aromatic nitrogens is 1. The fraction of sp³-hybridized carbons (Fsp3) is 0.125. The van der Waals surface area contributed by atoms with E-state index in [1.165, 1.54) is 16.5 Å². The van der Waals surface area contributed by atoms with Gasteiger partial charge in [0.25, 0.3) is 0 Å². The number of H-pyrrole nitrogens is 1. The van der Waals surface area contributed by atoms with Crippen LogP contribution in [0, 0.1) is 0 Å². The number of hydrogen-bond acceptors (Lipinski definition) is 1. The smallest absolute Gasteiger partial charge is 0.0457 e. The lowest BCUT2D eigenvalue weighted by atomic mass is 9.91. The monoisotopic (exact) mass is 270 g/mol. The fourth-order valence-electron chi connectivity index (χ4n) is 2.52. The van der Waals surface area contributed by atoms with Gasteiger partial charge >= 0.3 is 0 Å². The highest BCUT2D eigenvalue weighted by molar-refractivity contribution is 6.30. The van der Waals surface area contributed by atoms with Crippen LogP contribution in [0.4, 0.5) is 0 Å². The molecule has 1 atom stereocenters. The summed E-state index contributed by atoms with van der Waals surface area (Å²) >= 11 is 5.94. The van der Waals surface area contributed by atoms with Crippen LogP contribution in [0.15, 0.2) is 54.7 Å². The van der Waals surface area contributed by atoms with Gasteiger partial charge in [0, 0.05) is 34.6 Å². The molecule has 0 aliphatic heterocycles. The molecule has 0 saturated carbocycles. The summed E-state index contributed by atoms with van der Waals surface area (Å²) in [5, 5.41) is 1.98. The van der Waals surface area contributed by atoms with Crippen molar-refractivity contribution < 1.29 is 0 Å². The molecule has 19 heavy (non-hydrogen) atoms. The summed E-state index contributed by atoms with van der Waals surface area (Å²) in [7, 11) is 0. The van der Waals surface area contributed by atoms with Crippen molar-refractivity contribution in [3.63, 3.8) is 0 Å². The van der Waals surface area contributed by atoms with Gasteiger partial charge in [0.05, 0.1) is 0 Å². The van der Waals surface area contributed by atoms with Crippen LogP contribution in [0.1, 0.15) is 17.0 Å². The Morgan fingerprint density at radius 2 is 1.79 bits per heavy atom. The summed E-state index contributed by atoms with van der Waals surface area (Å²) in [5.41, 5.74) is 9.55. The molecule has 0 aliphatic carbocycles. The van der Waals surface area contributed by atoms with Crippen LogP contribution in [-0.4, -0.2) is 11.5 Å². The van der Waals surface area contributed by atoms with Crippen molar-refractivity contribution in [2.24, 2.45) is 5.73 Å². The Morgan fingerprint density at radius 1 is 1.05 bits per heavy atom. The maximum Gasteiger partial charge on any atom is 0.0457 e. The van der Waals surface area contributed by atoms with Crippen LogP contribution in [0.25, 0.3) is 10.9 Å². The van der Waals surface area contributed by atoms with Gasteiger partial charge in [-0.3, -0.25) is 0 Å². The second-order valence-electron chi connectivity index (χ2n) is 4.63. The van der Waals surface area contributed by atoms with Gasteiger partial charge in [-0.25, -0.2) is 0 Å². The van der Waals surface area contributed by atoms with Crippen molar-refractivity contribution in [1.82, 2.24) is 4.98 Å². The van der Waals surface area contributed by atoms with E-state index in [-0.39, 0.29) is 5.92 Å². The second kappa shape index (κ2) is 5.08. The van der Waals surface area contributed by atoms with Gasteiger partial charge in [0.15, 0.2) is 0 Å². The number of nitrogens with two attached hydrogens (primary N) is 1. The highest BCUT2D eigenvalue weighted by Gasteiger charge is 2.16. The number of halogens is 1. The molecule has 1 aromatic heterocycles. The quantitative estimate of drug-likeness (QED) is 0.744. The zero-order valence-electron chi connectivity index (χ0n) is 10.4. The second-order valence-corrected chi connectivity index (χ2v) is 5.07. The van der Waals surface area contributed by atoms with Crippen molar-refractivity contribution in [3.05, 3.63) is 70.9 Å². The van der Waals surface area contributed by atoms with E-state index in [1.54, 1.807) is 0 Å². The molecule has 2 aromatic carbocycles. The minimum atomic E-state index is 0.188. The summed E-state index contributed by atoms with van der Waals surface area (Å²) in [6.07, 6.45) is 2.05. The first kappa shape index (κ1) is 12.3. The fourth-order valence-corrected chi connectivity index (χ4v) is 2.65. The predicted octanol–water partition coefficient (Wildman–Crippen LogP) is 3.91. The minimum absolute atomic E-state index is 0.188. The van der Waals surface area contributed by atoms with Gasteiger partial charge in [-0.15, -0.1) is 0 Å². The van der Waals surface area contributed by atoms with E-state index in [1.807, 2.05) is 30.3 Å². The summed E-state index contributed by atoms with van der Waals surface area (Å²) in [5.74, 6) is 0.188. The average Bonchev–Trinajstić information content (AvgIpc) is 2.86. The van der Waals surface area contributed by atoms with Crippen molar-refractivity contribution in [2.45, 2.75) is 5.92 Å². The Morgan fingerprint density at radius 3 is 2.53 bits per heavy atom. The molecule has 1 heterocycles. The molecule has 3 heteroatoms. The topological polar surface area (TPSA) is 41.8 Å². The molecule has 3 N–H and O–H groups in total. The number of hydrogen-bond donors (Lipinski definition) is 2. The number of benzene rings is 2. The number of aromatic amines is 1. The van der Waals surface area contributed by atoms with Gasteiger partial charge in [-0.1, -0.05) is 41.9 Å². The van der Waals surface area contributed by atoms with Gasteiger partial charge in [-0.2, -0.15) is 0 Å². The van der Waals surface area contributed by atoms with Crippen LogP contribution in [-0.2, 0) is 0 Å². The largest absolute Gasteiger partial charge is 0.361 e. The number of rotatable bonds is 3. The van der Waals surface area contributed by atoms with E-state index in [0.29, 0.717) is 6.54 Å². The van der Waals surface area contributed by atoms with E-state index < -0.39 is 0 Å². The summed E-state index contributed by atoms with van der Waals surface area (Å²) in [6.45, 7) is 0.573. The SMILES string of the molecule is NCC(c1ccc(Cl)cc1)c1c[nH]c2ccccc12. The van der Waals surface area contributed by atoms with Gasteiger partial charge in [-0.05, 0) is 29.3 Å². The number of para-hydroxylation sites is 1. The third kappa shape index (κ3) is 2.25. The van der Waals surface area contributed by atoms with E-state index in [0.717, 1.165) is 10.5 Å². The van der Waals surface area contributed by atoms with Crippen LogP contribution >= 0.6 is 11.6 Å². The van der Waals surface area contributed by atoms with Crippen molar-refractivity contribution in [3.8, 4) is 0 Å². The highest BCUT2D eigenvalue weighted by atomic mass is 35.5. The van der Waals surface area contributed by atoms with Crippen molar-refractivity contribution >= 4 is 22.5 Å². The number of nitrogens with one attached hydrogen (secondary N) is 1. The normalized spacial score (nSPS) is 12.7. The summed E-state index contributed by atoms with van der Waals surface area (Å²) < 4.78 is 0. The minimum Gasteiger partial charge on any atom is -0.361 e. The third-order valence-electron chi connectivity index (χ3n) is 3.50. The molecule has 0 bridgehead atoms. The molecular formula is C16H15ClN2. The first-order valence-corrected chi connectivity index (χ1v) is 6.69. The van der Waals surface area contributed by atoms with Crippen LogP contribution in [0.5, 0.6) is 0 Å². The Balaban J connectivity index is 2.09. The zero-order chi connectivity index (χ0) is 13.2. The Bertz CT molecular complexity index is 685. The molecule has 1 unspecified atom stereocenters. The Kier molecular flexibility index (Phi) is 3.28. The first-order chi connectivity index (χ1) is 9.29. The molecule has 2 nitrogen and oxygen atoms in total. The maximum atomic E-state index is 5.98. The van der Waals surface area contributed by atoms with Gasteiger partial charge in [0.2, 0.25) is 0 Å². The summed E-state index contributed by atoms with van der Waals surface area (Å²) in [6, 6.07) is 16.2. The Labute approximate surface area is 117 Å². The molecule has 0 spiro atoms. The summed E-state index contributed by atoms with van der Waals surface area (Å²) in [4.78, 5) is 3.30. The molecular weight excluding hydrogens is 256 g/mol. The standard InChI is InChI=1S/C16H15ClN2/c17-12-7-5-11(6-8-12)14(9-18)15-10-19-16-4-2-1-3-13(15)16/h1-8,10,14,19H,9,18H2. The van der Waals surface area contributed by atoms with E-state index in [9.17, 15) is 0 Å². The van der Waals surface area contributed by atoms with Crippen molar-refractivity contribution in [1.29, 1.82) is 0 Å². The van der Waals surface area contributed by atoms with E-state index in [2.05, 4.69) is 29.4 Å². The van der Waals surface area contributed by atoms with E-state index >= 15 is 0 Å². The lowest BCUT2D eigenvalue weighted by Gasteiger charge is -2.15. The molecule has 0 saturated heterocycles.